The van der Waals surface area contributed by atoms with Gasteiger partial charge in [0, 0.05) is 5.41 Å². The normalized spacial score (nSPS) is 22.2. The SMILES string of the molecule is Cc1cc(O)cc(C)c1[C@H]1NC(=O)OCC1(C)C. The van der Waals surface area contributed by atoms with Crippen LogP contribution >= 0.6 is 0 Å². The van der Waals surface area contributed by atoms with Crippen LogP contribution < -0.4 is 5.32 Å². The lowest BCUT2D eigenvalue weighted by Crippen LogP contribution is -2.47. The number of benzene rings is 1. The number of aromatic hydroxyl groups is 1. The minimum Gasteiger partial charge on any atom is -0.508 e. The molecule has 1 amide bonds. The first kappa shape index (κ1) is 12.7. The Kier molecular flexibility index (Phi) is 2.97. The molecule has 2 rings (SSSR count). The maximum Gasteiger partial charge on any atom is 0.407 e. The van der Waals surface area contributed by atoms with E-state index in [1.165, 1.54) is 0 Å². The van der Waals surface area contributed by atoms with E-state index in [0.29, 0.717) is 6.61 Å². The number of rotatable bonds is 1. The Morgan fingerprint density at radius 3 is 2.44 bits per heavy atom. The van der Waals surface area contributed by atoms with Crippen LogP contribution in [0.3, 0.4) is 0 Å². The molecule has 0 unspecified atom stereocenters. The Balaban J connectivity index is 2.49. The third-order valence-corrected chi connectivity index (χ3v) is 3.49. The van der Waals surface area contributed by atoms with Gasteiger partial charge in [0.15, 0.2) is 0 Å². The van der Waals surface area contributed by atoms with Gasteiger partial charge in [-0.2, -0.15) is 0 Å². The minimum absolute atomic E-state index is 0.0978. The third-order valence-electron chi connectivity index (χ3n) is 3.49. The van der Waals surface area contributed by atoms with Gasteiger partial charge >= 0.3 is 6.09 Å². The molecule has 0 radical (unpaired) electrons. The van der Waals surface area contributed by atoms with Crippen molar-refractivity contribution >= 4 is 6.09 Å². The fourth-order valence-corrected chi connectivity index (χ4v) is 2.56. The van der Waals surface area contributed by atoms with E-state index in [0.717, 1.165) is 16.7 Å². The maximum absolute atomic E-state index is 11.4. The molecule has 1 saturated heterocycles. The molecule has 1 atom stereocenters. The number of phenols is 1. The van der Waals surface area contributed by atoms with Gasteiger partial charge in [-0.25, -0.2) is 4.79 Å². The number of cyclic esters (lactones) is 1. The van der Waals surface area contributed by atoms with E-state index in [1.54, 1.807) is 12.1 Å². The molecule has 1 aliphatic heterocycles. The molecule has 2 N–H and O–H groups in total. The number of aryl methyl sites for hydroxylation is 2. The van der Waals surface area contributed by atoms with Crippen LogP contribution in [0.4, 0.5) is 4.79 Å². The molecule has 4 nitrogen and oxygen atoms in total. The summed E-state index contributed by atoms with van der Waals surface area (Å²) in [6.45, 7) is 8.40. The summed E-state index contributed by atoms with van der Waals surface area (Å²) in [6, 6.07) is 3.35. The molecular formula is C14H19NO3. The molecule has 0 aliphatic carbocycles. The lowest BCUT2D eigenvalue weighted by atomic mass is 9.77. The second kappa shape index (κ2) is 4.19. The molecule has 4 heteroatoms. The minimum atomic E-state index is -0.383. The molecular weight excluding hydrogens is 230 g/mol. The van der Waals surface area contributed by atoms with Gasteiger partial charge in [0.1, 0.15) is 12.4 Å². The van der Waals surface area contributed by atoms with E-state index in [-0.39, 0.29) is 23.3 Å². The van der Waals surface area contributed by atoms with Crippen molar-refractivity contribution in [1.82, 2.24) is 5.32 Å². The molecule has 1 heterocycles. The van der Waals surface area contributed by atoms with E-state index >= 15 is 0 Å². The zero-order valence-electron chi connectivity index (χ0n) is 11.2. The van der Waals surface area contributed by atoms with Crippen molar-refractivity contribution in [2.24, 2.45) is 5.41 Å². The number of phenolic OH excluding ortho intramolecular Hbond substituents is 1. The van der Waals surface area contributed by atoms with Gasteiger partial charge in [0.2, 0.25) is 0 Å². The van der Waals surface area contributed by atoms with Crippen molar-refractivity contribution < 1.29 is 14.6 Å². The number of hydrogen-bond donors (Lipinski definition) is 2. The Labute approximate surface area is 107 Å². The number of carbonyl (C=O) groups excluding carboxylic acids is 1. The fraction of sp³-hybridized carbons (Fsp3) is 0.500. The van der Waals surface area contributed by atoms with E-state index < -0.39 is 0 Å². The van der Waals surface area contributed by atoms with Crippen molar-refractivity contribution in [3.8, 4) is 5.75 Å². The van der Waals surface area contributed by atoms with Crippen molar-refractivity contribution in [2.75, 3.05) is 6.61 Å². The highest BCUT2D eigenvalue weighted by Crippen LogP contribution is 2.40. The first-order chi connectivity index (χ1) is 8.31. The van der Waals surface area contributed by atoms with E-state index in [1.807, 2.05) is 13.8 Å². The number of alkyl carbamates (subject to hydrolysis) is 1. The van der Waals surface area contributed by atoms with Crippen molar-refractivity contribution in [3.63, 3.8) is 0 Å². The highest BCUT2D eigenvalue weighted by Gasteiger charge is 2.39. The first-order valence-electron chi connectivity index (χ1n) is 6.04. The highest BCUT2D eigenvalue weighted by molar-refractivity contribution is 5.69. The fourth-order valence-electron chi connectivity index (χ4n) is 2.56. The summed E-state index contributed by atoms with van der Waals surface area (Å²) >= 11 is 0. The van der Waals surface area contributed by atoms with Gasteiger partial charge < -0.3 is 15.2 Å². The smallest absolute Gasteiger partial charge is 0.407 e. The summed E-state index contributed by atoms with van der Waals surface area (Å²) in [6.07, 6.45) is -0.383. The summed E-state index contributed by atoms with van der Waals surface area (Å²) in [5.41, 5.74) is 2.84. The average molecular weight is 249 g/mol. The molecule has 0 spiro atoms. The van der Waals surface area contributed by atoms with Crippen LogP contribution in [0.2, 0.25) is 0 Å². The molecule has 0 bridgehead atoms. The molecule has 0 saturated carbocycles. The Morgan fingerprint density at radius 2 is 1.89 bits per heavy atom. The Morgan fingerprint density at radius 1 is 1.33 bits per heavy atom. The quantitative estimate of drug-likeness (QED) is 0.804. The number of nitrogens with one attached hydrogen (secondary N) is 1. The van der Waals surface area contributed by atoms with E-state index in [4.69, 9.17) is 4.74 Å². The predicted octanol–water partition coefficient (Wildman–Crippen LogP) is 2.82. The third kappa shape index (κ3) is 2.15. The molecule has 18 heavy (non-hydrogen) atoms. The number of amides is 1. The van der Waals surface area contributed by atoms with Crippen LogP contribution in [-0.2, 0) is 4.74 Å². The second-order valence-electron chi connectivity index (χ2n) is 5.64. The molecule has 1 fully saturated rings. The van der Waals surface area contributed by atoms with Crippen LogP contribution in [0.15, 0.2) is 12.1 Å². The topological polar surface area (TPSA) is 58.6 Å². The van der Waals surface area contributed by atoms with Crippen LogP contribution in [0.25, 0.3) is 0 Å². The van der Waals surface area contributed by atoms with Crippen molar-refractivity contribution in [1.29, 1.82) is 0 Å². The van der Waals surface area contributed by atoms with Gasteiger partial charge in [-0.05, 0) is 42.7 Å². The van der Waals surface area contributed by atoms with Crippen LogP contribution in [-0.4, -0.2) is 17.8 Å². The van der Waals surface area contributed by atoms with Gasteiger partial charge in [0.05, 0.1) is 6.04 Å². The lowest BCUT2D eigenvalue weighted by Gasteiger charge is -2.39. The molecule has 1 aliphatic rings. The van der Waals surface area contributed by atoms with Crippen LogP contribution in [0.1, 0.15) is 36.6 Å². The largest absolute Gasteiger partial charge is 0.508 e. The average Bonchev–Trinajstić information content (AvgIpc) is 2.22. The number of hydrogen-bond acceptors (Lipinski definition) is 3. The predicted molar refractivity (Wildman–Crippen MR) is 68.6 cm³/mol. The summed E-state index contributed by atoms with van der Waals surface area (Å²) in [5, 5.41) is 12.5. The zero-order chi connectivity index (χ0) is 13.5. The van der Waals surface area contributed by atoms with Gasteiger partial charge in [0.25, 0.3) is 0 Å². The van der Waals surface area contributed by atoms with Gasteiger partial charge in [-0.15, -0.1) is 0 Å². The summed E-state index contributed by atoms with van der Waals surface area (Å²) < 4.78 is 5.05. The zero-order valence-corrected chi connectivity index (χ0v) is 11.2. The van der Waals surface area contributed by atoms with E-state index in [9.17, 15) is 9.90 Å². The molecule has 0 aromatic heterocycles. The number of ether oxygens (including phenoxy) is 1. The lowest BCUT2D eigenvalue weighted by molar-refractivity contribution is 0.0384. The van der Waals surface area contributed by atoms with Gasteiger partial charge in [-0.3, -0.25) is 0 Å². The molecule has 1 aromatic rings. The Bertz CT molecular complexity index is 471. The summed E-state index contributed by atoms with van der Waals surface area (Å²) in [4.78, 5) is 11.4. The Hall–Kier alpha value is -1.71. The van der Waals surface area contributed by atoms with Crippen molar-refractivity contribution in [3.05, 3.63) is 28.8 Å². The number of carbonyl (C=O) groups is 1. The summed E-state index contributed by atoms with van der Waals surface area (Å²) in [7, 11) is 0. The molecule has 98 valence electrons. The van der Waals surface area contributed by atoms with Crippen LogP contribution in [0.5, 0.6) is 5.75 Å². The standard InChI is InChI=1S/C14H19NO3/c1-8-5-10(16)6-9(2)11(8)12-14(3,4)7-18-13(17)15-12/h5-6,12,16H,7H2,1-4H3,(H,15,17)/t12-/m1/s1. The second-order valence-corrected chi connectivity index (χ2v) is 5.64. The van der Waals surface area contributed by atoms with Crippen molar-refractivity contribution in [2.45, 2.75) is 33.7 Å². The monoisotopic (exact) mass is 249 g/mol. The molecule has 1 aromatic carbocycles. The highest BCUT2D eigenvalue weighted by atomic mass is 16.6. The van der Waals surface area contributed by atoms with Gasteiger partial charge in [-0.1, -0.05) is 13.8 Å². The van der Waals surface area contributed by atoms with Crippen LogP contribution in [0, 0.1) is 19.3 Å². The maximum atomic E-state index is 11.4. The first-order valence-corrected chi connectivity index (χ1v) is 6.04. The summed E-state index contributed by atoms with van der Waals surface area (Å²) in [5.74, 6) is 0.255. The van der Waals surface area contributed by atoms with E-state index in [2.05, 4.69) is 19.2 Å².